The zero-order valence-corrected chi connectivity index (χ0v) is 41.4. The number of aliphatic carboxylic acids is 1. The van der Waals surface area contributed by atoms with Crippen molar-refractivity contribution >= 4 is 49.8 Å². The number of ether oxygens (including phenoxy) is 2. The van der Waals surface area contributed by atoms with E-state index in [1.165, 1.54) is 36.3 Å². The molecule has 0 spiro atoms. The molecule has 6 aromatic carbocycles. The number of carbonyl (C=O) groups excluding carboxylic acids is 3. The van der Waals surface area contributed by atoms with Crippen LogP contribution in [0.1, 0.15) is 51.2 Å². The van der Waals surface area contributed by atoms with Crippen LogP contribution in [0.25, 0.3) is 0 Å². The van der Waals surface area contributed by atoms with Crippen molar-refractivity contribution in [1.29, 1.82) is 0 Å². The van der Waals surface area contributed by atoms with Gasteiger partial charge in [0, 0.05) is 36.0 Å². The van der Waals surface area contributed by atoms with E-state index in [9.17, 15) is 27.9 Å². The Labute approximate surface area is 406 Å². The quantitative estimate of drug-likeness (QED) is 0.0409. The van der Waals surface area contributed by atoms with Gasteiger partial charge in [-0.3, -0.25) is 8.98 Å². The van der Waals surface area contributed by atoms with Gasteiger partial charge in [-0.15, -0.1) is 0 Å². The monoisotopic (exact) mass is 969 g/mol. The number of aryl methyl sites for hydroxylation is 2. The Kier molecular flexibility index (Phi) is 17.9. The summed E-state index contributed by atoms with van der Waals surface area (Å²) >= 11 is 0. The van der Waals surface area contributed by atoms with Crippen molar-refractivity contribution in [2.24, 2.45) is 11.8 Å². The lowest BCUT2D eigenvalue weighted by atomic mass is 9.94. The molecular formula is C56H57O9S3+. The molecule has 2 saturated carbocycles. The maximum absolute atomic E-state index is 12.0. The fraction of sp³-hybridized carbons (Fsp3) is 0.232. The summed E-state index contributed by atoms with van der Waals surface area (Å²) in [6.45, 7) is 15.5. The first-order valence-electron chi connectivity index (χ1n) is 22.3. The van der Waals surface area contributed by atoms with Crippen LogP contribution in [0.2, 0.25) is 0 Å². The lowest BCUT2D eigenvalue weighted by molar-refractivity contribution is -0.299. The van der Waals surface area contributed by atoms with E-state index in [-0.39, 0.29) is 62.5 Å². The number of carboxylic acids is 1. The lowest BCUT2D eigenvalue weighted by Crippen LogP contribution is -2.37. The molecule has 12 heteroatoms. The minimum atomic E-state index is -3.40. The van der Waals surface area contributed by atoms with Gasteiger partial charge in [0.05, 0.1) is 33.0 Å². The van der Waals surface area contributed by atoms with Crippen molar-refractivity contribution in [3.05, 3.63) is 199 Å². The maximum atomic E-state index is 12.0. The molecule has 3 aliphatic rings. The highest BCUT2D eigenvalue weighted by Crippen LogP contribution is 2.55. The number of rotatable bonds is 11. The average Bonchev–Trinajstić information content (AvgIpc) is 3.97. The second-order valence-electron chi connectivity index (χ2n) is 16.6. The Bertz CT molecular complexity index is 2620. The van der Waals surface area contributed by atoms with Gasteiger partial charge >= 0.3 is 11.9 Å². The van der Waals surface area contributed by atoms with Crippen LogP contribution in [-0.4, -0.2) is 43.8 Å². The summed E-state index contributed by atoms with van der Waals surface area (Å²) in [5.74, 6) is -1.01. The zero-order chi connectivity index (χ0) is 49.0. The molecule has 9 rings (SSSR count). The fourth-order valence-electron chi connectivity index (χ4n) is 8.25. The normalized spacial score (nSPS) is 19.0. The van der Waals surface area contributed by atoms with Crippen LogP contribution in [0.3, 0.4) is 0 Å². The van der Waals surface area contributed by atoms with Crippen molar-refractivity contribution in [3.63, 3.8) is 0 Å². The third kappa shape index (κ3) is 12.9. The van der Waals surface area contributed by atoms with Crippen LogP contribution in [0, 0.1) is 25.7 Å². The van der Waals surface area contributed by atoms with Crippen LogP contribution in [0.5, 0.6) is 5.75 Å². The van der Waals surface area contributed by atoms with Crippen LogP contribution < -0.4 is 9.84 Å². The van der Waals surface area contributed by atoms with Gasteiger partial charge in [0.15, 0.2) is 29.4 Å². The maximum Gasteiger partial charge on any atom is 0.338 e. The molecule has 1 aliphatic heterocycles. The molecule has 5 atom stereocenters. The third-order valence-electron chi connectivity index (χ3n) is 11.4. The molecule has 2 bridgehead atoms. The molecular weight excluding hydrogens is 913 g/mol. The Balaban J connectivity index is 0.000000163. The Morgan fingerprint density at radius 2 is 1.00 bits per heavy atom. The van der Waals surface area contributed by atoms with E-state index in [1.807, 2.05) is 26.0 Å². The predicted molar refractivity (Wildman–Crippen MR) is 267 cm³/mol. The number of hydrogen-bond donors (Lipinski definition) is 0. The molecule has 68 heavy (non-hydrogen) atoms. The number of fused-ring (bicyclic) bond motifs is 1. The van der Waals surface area contributed by atoms with E-state index in [0.717, 1.165) is 17.5 Å². The number of carboxylic acid groups (broad SMARTS) is 1. The van der Waals surface area contributed by atoms with Gasteiger partial charge in [-0.05, 0) is 118 Å². The van der Waals surface area contributed by atoms with Gasteiger partial charge in [0.2, 0.25) is 0 Å². The highest BCUT2D eigenvalue weighted by atomic mass is 32.2. The molecule has 0 aromatic heterocycles. The van der Waals surface area contributed by atoms with Crippen molar-refractivity contribution in [2.45, 2.75) is 101 Å². The Morgan fingerprint density at radius 1 is 0.632 bits per heavy atom. The molecule has 0 radical (unpaired) electrons. The summed E-state index contributed by atoms with van der Waals surface area (Å²) in [5.41, 5.74) is 2.36. The summed E-state index contributed by atoms with van der Waals surface area (Å²) in [7, 11) is -3.64. The average molecular weight is 970 g/mol. The van der Waals surface area contributed by atoms with Gasteiger partial charge in [0.1, 0.15) is 18.0 Å². The van der Waals surface area contributed by atoms with Crippen molar-refractivity contribution in [3.8, 4) is 5.75 Å². The van der Waals surface area contributed by atoms with Crippen LogP contribution in [-0.2, 0) is 55.2 Å². The minimum absolute atomic E-state index is 0.0146. The van der Waals surface area contributed by atoms with Crippen LogP contribution >= 0.6 is 0 Å². The molecule has 2 aliphatic carbocycles. The van der Waals surface area contributed by atoms with E-state index < -0.39 is 22.2 Å². The van der Waals surface area contributed by atoms with E-state index in [0.29, 0.717) is 24.2 Å². The van der Waals surface area contributed by atoms with Crippen molar-refractivity contribution in [2.75, 3.05) is 0 Å². The Morgan fingerprint density at radius 3 is 1.34 bits per heavy atom. The molecule has 0 N–H and O–H groups in total. The van der Waals surface area contributed by atoms with Crippen LogP contribution in [0.15, 0.2) is 217 Å². The summed E-state index contributed by atoms with van der Waals surface area (Å²) in [6.07, 6.45) is 0.966. The van der Waals surface area contributed by atoms with Gasteiger partial charge in [-0.25, -0.2) is 4.79 Å². The smallest absolute Gasteiger partial charge is 0.338 e. The SMILES string of the molecule is C=C(C)C(=O)Oc1c(C)cc([S+](c2ccccc2)c2ccccc2)cc1C.C=C(C)C(=O)[O-].CCC(=O)OC1C2CC3C1OS(=O)(=O)C3C2.c1ccc([S+](c2ccccc2)c2ccccc2)cc1. The number of carbonyl (C=O) groups is 3. The second kappa shape index (κ2) is 23.7. The Hall–Kier alpha value is -6.18. The van der Waals surface area contributed by atoms with Gasteiger partial charge in [-0.2, -0.15) is 8.42 Å². The first-order chi connectivity index (χ1) is 32.6. The second-order valence-corrected chi connectivity index (χ2v) is 22.4. The minimum Gasteiger partial charge on any atom is -0.545 e. The van der Waals surface area contributed by atoms with E-state index >= 15 is 0 Å². The topological polar surface area (TPSA) is 136 Å². The van der Waals surface area contributed by atoms with Crippen LogP contribution in [0.4, 0.5) is 0 Å². The van der Waals surface area contributed by atoms with Crippen molar-refractivity contribution in [1.82, 2.24) is 0 Å². The highest BCUT2D eigenvalue weighted by molar-refractivity contribution is 7.97. The summed E-state index contributed by atoms with van der Waals surface area (Å²) in [6, 6.07) is 57.4. The van der Waals surface area contributed by atoms with E-state index in [2.05, 4.69) is 165 Å². The predicted octanol–water partition coefficient (Wildman–Crippen LogP) is 10.4. The zero-order valence-electron chi connectivity index (χ0n) is 38.9. The number of benzene rings is 6. The van der Waals surface area contributed by atoms with Gasteiger partial charge in [-0.1, -0.05) is 111 Å². The third-order valence-corrected chi connectivity index (χ3v) is 17.6. The van der Waals surface area contributed by atoms with Crippen molar-refractivity contribution < 1.29 is 41.6 Å². The first kappa shape index (κ1) is 51.2. The molecule has 5 unspecified atom stereocenters. The largest absolute Gasteiger partial charge is 0.545 e. The van der Waals surface area contributed by atoms with Gasteiger partial charge < -0.3 is 19.4 Å². The molecule has 1 heterocycles. The molecule has 9 nitrogen and oxygen atoms in total. The van der Waals surface area contributed by atoms with E-state index in [1.54, 1.807) is 13.8 Å². The highest BCUT2D eigenvalue weighted by Gasteiger charge is 2.65. The standard InChI is InChI=1S/C24H23O2S.C18H15S.C10H14O5S.C4H6O2/c1-17(2)24(25)26-23-18(3)15-22(16-19(23)4)27(20-11-7-5-8-12-20)21-13-9-6-10-14-21;1-4-10-16(11-5-1)19(17-12-6-2-7-13-17)18-14-8-3-9-15-18;1-2-8(11)14-9-5-3-6-7(4-5)16(12,13)15-10(6)9;1-3(2)4(5)6/h5-16H,1H2,2-4H3;1-15H;5-7,9-10H,2-4H2,1H3;1H2,2H3,(H,5,6)/q2*+1;;/p-1. The number of esters is 2. The van der Waals surface area contributed by atoms with E-state index in [4.69, 9.17) is 13.7 Å². The fourth-order valence-corrected chi connectivity index (χ4v) is 14.5. The number of hydrogen-bond acceptors (Lipinski definition) is 9. The molecule has 352 valence electrons. The molecule has 6 aromatic rings. The van der Waals surface area contributed by atoms with Gasteiger partial charge in [0.25, 0.3) is 10.1 Å². The first-order valence-corrected chi connectivity index (χ1v) is 26.2. The summed E-state index contributed by atoms with van der Waals surface area (Å²) in [5, 5.41) is 9.14. The molecule has 0 amide bonds. The molecule has 1 saturated heterocycles. The summed E-state index contributed by atoms with van der Waals surface area (Å²) < 4.78 is 39.2. The summed E-state index contributed by atoms with van der Waals surface area (Å²) in [4.78, 5) is 40.5. The molecule has 3 fully saturated rings. The lowest BCUT2D eigenvalue weighted by Gasteiger charge is -2.24.